The second kappa shape index (κ2) is 8.98. The molecule has 5 rings (SSSR count). The molecule has 1 unspecified atom stereocenters. The number of fused-ring (bicyclic) bond motifs is 1. The van der Waals surface area contributed by atoms with Crippen molar-refractivity contribution in [1.29, 1.82) is 0 Å². The van der Waals surface area contributed by atoms with Crippen LogP contribution in [0.3, 0.4) is 0 Å². The average Bonchev–Trinajstić information content (AvgIpc) is 3.68. The Labute approximate surface area is 204 Å². The predicted octanol–water partition coefficient (Wildman–Crippen LogP) is 5.24. The largest absolute Gasteiger partial charge is 0.335 e. The van der Waals surface area contributed by atoms with E-state index in [2.05, 4.69) is 10.4 Å². The molecule has 35 heavy (non-hydrogen) atoms. The monoisotopic (exact) mass is 467 g/mol. The zero-order chi connectivity index (χ0) is 24.7. The summed E-state index contributed by atoms with van der Waals surface area (Å²) in [7, 11) is 3.69. The van der Waals surface area contributed by atoms with E-state index in [9.17, 15) is 9.59 Å². The van der Waals surface area contributed by atoms with E-state index < -0.39 is 0 Å². The van der Waals surface area contributed by atoms with Gasteiger partial charge in [0.25, 0.3) is 11.8 Å². The van der Waals surface area contributed by atoms with E-state index >= 15 is 0 Å². The van der Waals surface area contributed by atoms with Gasteiger partial charge in [0.05, 0.1) is 22.7 Å². The fourth-order valence-corrected chi connectivity index (χ4v) is 4.48. The number of carbonyl (C=O) groups is 2. The normalized spacial score (nSPS) is 14.1. The molecule has 0 bridgehead atoms. The number of nitrogens with zero attached hydrogens (tertiary/aromatic N) is 4. The molecule has 7 nitrogen and oxygen atoms in total. The van der Waals surface area contributed by atoms with Crippen LogP contribution in [-0.4, -0.2) is 38.5 Å². The minimum absolute atomic E-state index is 0.0679. The number of aryl methyl sites for hydroxylation is 2. The summed E-state index contributed by atoms with van der Waals surface area (Å²) < 4.78 is 1.76. The van der Waals surface area contributed by atoms with Gasteiger partial charge in [-0.2, -0.15) is 5.10 Å². The van der Waals surface area contributed by atoms with Crippen LogP contribution in [0.5, 0.6) is 0 Å². The first-order valence-corrected chi connectivity index (χ1v) is 11.9. The second-order valence-electron chi connectivity index (χ2n) is 9.31. The summed E-state index contributed by atoms with van der Waals surface area (Å²) in [5.74, 6) is 0.189. The van der Waals surface area contributed by atoms with Gasteiger partial charge in [-0.25, -0.2) is 4.98 Å². The highest BCUT2D eigenvalue weighted by atomic mass is 16.2. The van der Waals surface area contributed by atoms with Crippen LogP contribution in [0.1, 0.15) is 69.4 Å². The van der Waals surface area contributed by atoms with Crippen molar-refractivity contribution in [1.82, 2.24) is 19.7 Å². The number of amides is 2. The summed E-state index contributed by atoms with van der Waals surface area (Å²) in [4.78, 5) is 32.9. The third-order valence-electron chi connectivity index (χ3n) is 6.78. The number of hydrogen-bond acceptors (Lipinski definition) is 4. The fraction of sp³-hybridized carbons (Fsp3) is 0.286. The Hall–Kier alpha value is -4.00. The van der Waals surface area contributed by atoms with E-state index in [-0.39, 0.29) is 17.9 Å². The lowest BCUT2D eigenvalue weighted by atomic mass is 10.0. The van der Waals surface area contributed by atoms with E-state index in [1.54, 1.807) is 21.7 Å². The number of benzene rings is 2. The predicted molar refractivity (Wildman–Crippen MR) is 137 cm³/mol. The Kier molecular flexibility index (Phi) is 5.84. The van der Waals surface area contributed by atoms with Gasteiger partial charge < -0.3 is 10.2 Å². The Morgan fingerprint density at radius 3 is 2.54 bits per heavy atom. The Morgan fingerprint density at radius 1 is 1.09 bits per heavy atom. The van der Waals surface area contributed by atoms with Crippen molar-refractivity contribution in [2.75, 3.05) is 12.4 Å². The summed E-state index contributed by atoms with van der Waals surface area (Å²) in [6.07, 6.45) is 2.22. The van der Waals surface area contributed by atoms with Crippen molar-refractivity contribution >= 4 is 28.5 Å². The molecular formula is C28H29N5O2. The molecule has 0 aliphatic heterocycles. The van der Waals surface area contributed by atoms with Gasteiger partial charge in [0, 0.05) is 37.0 Å². The summed E-state index contributed by atoms with van der Waals surface area (Å²) in [5, 5.41) is 8.29. The number of rotatable bonds is 6. The van der Waals surface area contributed by atoms with Gasteiger partial charge in [0.15, 0.2) is 5.65 Å². The van der Waals surface area contributed by atoms with Gasteiger partial charge >= 0.3 is 0 Å². The highest BCUT2D eigenvalue weighted by molar-refractivity contribution is 6.07. The van der Waals surface area contributed by atoms with Crippen LogP contribution >= 0.6 is 0 Å². The molecule has 178 valence electrons. The van der Waals surface area contributed by atoms with E-state index in [1.165, 1.54) is 0 Å². The molecule has 0 spiro atoms. The minimum atomic E-state index is -0.208. The highest BCUT2D eigenvalue weighted by Gasteiger charge is 2.30. The quantitative estimate of drug-likeness (QED) is 0.421. The fourth-order valence-electron chi connectivity index (χ4n) is 4.48. The number of pyridine rings is 1. The lowest BCUT2D eigenvalue weighted by molar-refractivity contribution is 0.0744. The highest BCUT2D eigenvalue weighted by Crippen LogP contribution is 2.40. The first-order valence-electron chi connectivity index (χ1n) is 11.9. The molecule has 1 fully saturated rings. The maximum atomic E-state index is 13.8. The van der Waals surface area contributed by atoms with Crippen molar-refractivity contribution in [3.05, 3.63) is 88.7 Å². The van der Waals surface area contributed by atoms with Crippen molar-refractivity contribution < 1.29 is 9.59 Å². The van der Waals surface area contributed by atoms with Crippen molar-refractivity contribution in [3.63, 3.8) is 0 Å². The summed E-state index contributed by atoms with van der Waals surface area (Å²) in [6, 6.07) is 18.5. The molecule has 0 radical (unpaired) electrons. The molecule has 2 aromatic carbocycles. The van der Waals surface area contributed by atoms with Crippen LogP contribution in [-0.2, 0) is 7.05 Å². The van der Waals surface area contributed by atoms with Gasteiger partial charge in [-0.15, -0.1) is 0 Å². The van der Waals surface area contributed by atoms with Gasteiger partial charge in [-0.3, -0.25) is 14.3 Å². The van der Waals surface area contributed by atoms with Crippen molar-refractivity contribution in [2.24, 2.45) is 7.05 Å². The van der Waals surface area contributed by atoms with Crippen molar-refractivity contribution in [3.8, 4) is 0 Å². The molecule has 7 heteroatoms. The smallest absolute Gasteiger partial charge is 0.255 e. The minimum Gasteiger partial charge on any atom is -0.335 e. The van der Waals surface area contributed by atoms with E-state index in [1.807, 2.05) is 76.5 Å². The Balaban J connectivity index is 1.42. The molecule has 2 heterocycles. The molecule has 1 atom stereocenters. The number of hydrogen-bond donors (Lipinski definition) is 1. The molecule has 1 aliphatic rings. The van der Waals surface area contributed by atoms with Crippen LogP contribution in [0.25, 0.3) is 11.0 Å². The molecule has 1 saturated carbocycles. The topological polar surface area (TPSA) is 80.1 Å². The molecular weight excluding hydrogens is 438 g/mol. The van der Waals surface area contributed by atoms with Crippen LogP contribution in [0.4, 0.5) is 5.69 Å². The molecule has 0 saturated heterocycles. The van der Waals surface area contributed by atoms with E-state index in [4.69, 9.17) is 4.98 Å². The van der Waals surface area contributed by atoms with E-state index in [0.29, 0.717) is 22.7 Å². The van der Waals surface area contributed by atoms with Gasteiger partial charge in [-0.1, -0.05) is 30.3 Å². The van der Waals surface area contributed by atoms with Crippen LogP contribution < -0.4 is 5.32 Å². The first-order chi connectivity index (χ1) is 16.8. The Bertz CT molecular complexity index is 1420. The number of nitrogens with one attached hydrogen (secondary N) is 1. The lowest BCUT2D eigenvalue weighted by Crippen LogP contribution is -2.30. The maximum Gasteiger partial charge on any atom is 0.255 e. The number of carbonyl (C=O) groups excluding carboxylic acids is 2. The zero-order valence-corrected chi connectivity index (χ0v) is 20.4. The van der Waals surface area contributed by atoms with Gasteiger partial charge in [0.1, 0.15) is 0 Å². The first kappa shape index (κ1) is 22.8. The van der Waals surface area contributed by atoms with Gasteiger partial charge in [0.2, 0.25) is 0 Å². The SMILES string of the molecule is Cc1nn(C)c2nc(C3CC3)cc(C(=O)N(C)C(C)c3cccc(NC(=O)c4ccccc4)c3)c12. The zero-order valence-electron chi connectivity index (χ0n) is 20.4. The van der Waals surface area contributed by atoms with Crippen LogP contribution in [0, 0.1) is 6.92 Å². The Morgan fingerprint density at radius 2 is 1.83 bits per heavy atom. The second-order valence-corrected chi connectivity index (χ2v) is 9.31. The standard InChI is InChI=1S/C28H29N5O2/c1-17-25-23(16-24(19-13-14-19)30-26(25)33(4)31-17)28(35)32(3)18(2)21-11-8-12-22(15-21)29-27(34)20-9-6-5-7-10-20/h5-12,15-16,18-19H,13-14H2,1-4H3,(H,29,34). The van der Waals surface area contributed by atoms with Gasteiger partial charge in [-0.05, 0) is 62.6 Å². The number of anilines is 1. The lowest BCUT2D eigenvalue weighted by Gasteiger charge is -2.26. The summed E-state index contributed by atoms with van der Waals surface area (Å²) >= 11 is 0. The summed E-state index contributed by atoms with van der Waals surface area (Å²) in [5.41, 5.74) is 5.38. The maximum absolute atomic E-state index is 13.8. The van der Waals surface area contributed by atoms with Crippen LogP contribution in [0.15, 0.2) is 60.7 Å². The molecule has 1 aliphatic carbocycles. The van der Waals surface area contributed by atoms with Crippen molar-refractivity contribution in [2.45, 2.75) is 38.6 Å². The van der Waals surface area contributed by atoms with E-state index in [0.717, 1.165) is 40.8 Å². The molecule has 1 N–H and O–H groups in total. The van der Waals surface area contributed by atoms with Crippen LogP contribution in [0.2, 0.25) is 0 Å². The molecule has 4 aromatic rings. The average molecular weight is 468 g/mol. The molecule has 2 amide bonds. The third-order valence-corrected chi connectivity index (χ3v) is 6.78. The third kappa shape index (κ3) is 4.41. The molecule has 2 aromatic heterocycles. The summed E-state index contributed by atoms with van der Waals surface area (Å²) in [6.45, 7) is 3.91. The number of aromatic nitrogens is 3.